The lowest BCUT2D eigenvalue weighted by molar-refractivity contribution is 0.0504. The molecule has 1 rings (SSSR count). The van der Waals surface area contributed by atoms with Crippen LogP contribution < -0.4 is 0 Å². The van der Waals surface area contributed by atoms with E-state index in [2.05, 4.69) is 6.92 Å². The van der Waals surface area contributed by atoms with Crippen LogP contribution in [0.4, 0.5) is 0 Å². The summed E-state index contributed by atoms with van der Waals surface area (Å²) < 4.78 is 5.41. The lowest BCUT2D eigenvalue weighted by Gasteiger charge is -2.13. The summed E-state index contributed by atoms with van der Waals surface area (Å²) >= 11 is 0. The molecule has 0 amide bonds. The van der Waals surface area contributed by atoms with Crippen LogP contribution >= 0.6 is 0 Å². The maximum atomic E-state index is 9.43. The summed E-state index contributed by atoms with van der Waals surface area (Å²) in [5, 5.41) is 9.43. The highest BCUT2D eigenvalue weighted by Crippen LogP contribution is 2.18. The minimum absolute atomic E-state index is 0.136. The average molecular weight is 158 g/mol. The van der Waals surface area contributed by atoms with E-state index in [9.17, 15) is 5.11 Å². The maximum absolute atomic E-state index is 9.43. The first kappa shape index (κ1) is 9.01. The molecule has 2 atom stereocenters. The zero-order valence-electron chi connectivity index (χ0n) is 7.25. The van der Waals surface area contributed by atoms with Crippen molar-refractivity contribution < 1.29 is 9.84 Å². The van der Waals surface area contributed by atoms with E-state index >= 15 is 0 Å². The quantitative estimate of drug-likeness (QED) is 0.675. The smallest absolute Gasteiger partial charge is 0.0600 e. The van der Waals surface area contributed by atoms with Crippen LogP contribution in [0.3, 0.4) is 0 Å². The highest BCUT2D eigenvalue weighted by atomic mass is 16.5. The lowest BCUT2D eigenvalue weighted by atomic mass is 10.1. The topological polar surface area (TPSA) is 29.5 Å². The molecule has 0 spiro atoms. The van der Waals surface area contributed by atoms with Gasteiger partial charge in [-0.3, -0.25) is 0 Å². The van der Waals surface area contributed by atoms with Crippen LogP contribution in [-0.2, 0) is 4.74 Å². The molecule has 1 saturated heterocycles. The molecule has 0 aliphatic carbocycles. The van der Waals surface area contributed by atoms with Gasteiger partial charge in [-0.05, 0) is 25.7 Å². The van der Waals surface area contributed by atoms with E-state index in [0.29, 0.717) is 6.10 Å². The first-order valence-electron chi connectivity index (χ1n) is 4.62. The minimum Gasteiger partial charge on any atom is -0.393 e. The fraction of sp³-hybridized carbons (Fsp3) is 1.00. The third kappa shape index (κ3) is 3.21. The second-order valence-electron chi connectivity index (χ2n) is 3.31. The zero-order chi connectivity index (χ0) is 8.10. The summed E-state index contributed by atoms with van der Waals surface area (Å²) in [5.41, 5.74) is 0. The van der Waals surface area contributed by atoms with E-state index in [-0.39, 0.29) is 6.10 Å². The van der Waals surface area contributed by atoms with Gasteiger partial charge in [-0.1, -0.05) is 13.3 Å². The molecular weight excluding hydrogens is 140 g/mol. The number of hydrogen-bond donors (Lipinski definition) is 1. The average Bonchev–Trinajstić information content (AvgIpc) is 2.40. The molecule has 1 heterocycles. The van der Waals surface area contributed by atoms with Crippen molar-refractivity contribution in [3.63, 3.8) is 0 Å². The second kappa shape index (κ2) is 4.73. The number of rotatable bonds is 4. The minimum atomic E-state index is -0.136. The van der Waals surface area contributed by atoms with Crippen LogP contribution in [0, 0.1) is 0 Å². The molecule has 0 aromatic heterocycles. The van der Waals surface area contributed by atoms with Gasteiger partial charge in [0, 0.05) is 6.61 Å². The summed E-state index contributed by atoms with van der Waals surface area (Å²) in [5.74, 6) is 0. The Bertz CT molecular complexity index is 97.7. The van der Waals surface area contributed by atoms with Gasteiger partial charge in [-0.2, -0.15) is 0 Å². The third-order valence-electron chi connectivity index (χ3n) is 2.18. The van der Waals surface area contributed by atoms with Gasteiger partial charge in [0.25, 0.3) is 0 Å². The van der Waals surface area contributed by atoms with E-state index in [1.807, 2.05) is 0 Å². The molecule has 1 aliphatic heterocycles. The Balaban J connectivity index is 2.08. The molecule has 2 nitrogen and oxygen atoms in total. The lowest BCUT2D eigenvalue weighted by Crippen LogP contribution is -2.16. The molecule has 66 valence electrons. The highest BCUT2D eigenvalue weighted by molar-refractivity contribution is 4.69. The molecule has 0 unspecified atom stereocenters. The van der Waals surface area contributed by atoms with Crippen LogP contribution in [0.1, 0.15) is 39.0 Å². The SMILES string of the molecule is CCC[C@H](O)C[C@H]1CCCO1. The molecule has 0 aromatic rings. The fourth-order valence-electron chi connectivity index (χ4n) is 1.58. The number of ether oxygens (including phenoxy) is 1. The van der Waals surface area contributed by atoms with Gasteiger partial charge >= 0.3 is 0 Å². The molecule has 1 N–H and O–H groups in total. The molecule has 0 saturated carbocycles. The zero-order valence-corrected chi connectivity index (χ0v) is 7.25. The predicted molar refractivity (Wildman–Crippen MR) is 44.5 cm³/mol. The highest BCUT2D eigenvalue weighted by Gasteiger charge is 2.18. The first-order valence-corrected chi connectivity index (χ1v) is 4.62. The molecule has 11 heavy (non-hydrogen) atoms. The predicted octanol–water partition coefficient (Wildman–Crippen LogP) is 1.72. The summed E-state index contributed by atoms with van der Waals surface area (Å²) in [7, 11) is 0. The Labute approximate surface area is 68.6 Å². The van der Waals surface area contributed by atoms with Gasteiger partial charge in [0.1, 0.15) is 0 Å². The van der Waals surface area contributed by atoms with Crippen LogP contribution in [0.5, 0.6) is 0 Å². The molecule has 1 fully saturated rings. The van der Waals surface area contributed by atoms with Crippen molar-refractivity contribution in [1.82, 2.24) is 0 Å². The largest absolute Gasteiger partial charge is 0.393 e. The Morgan fingerprint density at radius 1 is 1.64 bits per heavy atom. The van der Waals surface area contributed by atoms with E-state index in [0.717, 1.165) is 32.3 Å². The third-order valence-corrected chi connectivity index (χ3v) is 2.18. The Morgan fingerprint density at radius 3 is 3.00 bits per heavy atom. The molecule has 1 aliphatic rings. The summed E-state index contributed by atoms with van der Waals surface area (Å²) in [6.45, 7) is 2.99. The van der Waals surface area contributed by atoms with Crippen LogP contribution in [0.15, 0.2) is 0 Å². The number of aliphatic hydroxyl groups is 1. The van der Waals surface area contributed by atoms with Crippen molar-refractivity contribution in [2.24, 2.45) is 0 Å². The fourth-order valence-corrected chi connectivity index (χ4v) is 1.58. The van der Waals surface area contributed by atoms with Crippen LogP contribution in [0.2, 0.25) is 0 Å². The van der Waals surface area contributed by atoms with Gasteiger partial charge in [0.15, 0.2) is 0 Å². The molecule has 0 aromatic carbocycles. The van der Waals surface area contributed by atoms with Crippen molar-refractivity contribution >= 4 is 0 Å². The van der Waals surface area contributed by atoms with E-state index in [1.54, 1.807) is 0 Å². The summed E-state index contributed by atoms with van der Waals surface area (Å²) in [6, 6.07) is 0. The standard InChI is InChI=1S/C9H18O2/c1-2-4-8(10)7-9-5-3-6-11-9/h8-10H,2-7H2,1H3/t8-,9+/m0/s1. The van der Waals surface area contributed by atoms with Gasteiger partial charge < -0.3 is 9.84 Å². The van der Waals surface area contributed by atoms with Crippen molar-refractivity contribution in [3.05, 3.63) is 0 Å². The normalized spacial score (nSPS) is 27.3. The van der Waals surface area contributed by atoms with Gasteiger partial charge in [0.2, 0.25) is 0 Å². The van der Waals surface area contributed by atoms with Gasteiger partial charge in [0.05, 0.1) is 12.2 Å². The maximum Gasteiger partial charge on any atom is 0.0600 e. The van der Waals surface area contributed by atoms with Crippen molar-refractivity contribution in [2.45, 2.75) is 51.2 Å². The van der Waals surface area contributed by atoms with E-state index < -0.39 is 0 Å². The molecule has 0 radical (unpaired) electrons. The Kier molecular flexibility index (Phi) is 3.87. The summed E-state index contributed by atoms with van der Waals surface area (Å²) in [4.78, 5) is 0. The number of hydrogen-bond acceptors (Lipinski definition) is 2. The Hall–Kier alpha value is -0.0800. The van der Waals surface area contributed by atoms with Crippen molar-refractivity contribution in [2.75, 3.05) is 6.61 Å². The monoisotopic (exact) mass is 158 g/mol. The van der Waals surface area contributed by atoms with Crippen molar-refractivity contribution in [3.8, 4) is 0 Å². The van der Waals surface area contributed by atoms with E-state index in [1.165, 1.54) is 6.42 Å². The van der Waals surface area contributed by atoms with Gasteiger partial charge in [-0.15, -0.1) is 0 Å². The van der Waals surface area contributed by atoms with Crippen LogP contribution in [0.25, 0.3) is 0 Å². The summed E-state index contributed by atoms with van der Waals surface area (Å²) in [6.07, 6.45) is 5.34. The van der Waals surface area contributed by atoms with Crippen LogP contribution in [-0.4, -0.2) is 23.9 Å². The van der Waals surface area contributed by atoms with Gasteiger partial charge in [-0.25, -0.2) is 0 Å². The molecular formula is C9H18O2. The number of aliphatic hydroxyl groups excluding tert-OH is 1. The first-order chi connectivity index (χ1) is 5.33. The second-order valence-corrected chi connectivity index (χ2v) is 3.31. The van der Waals surface area contributed by atoms with Crippen molar-refractivity contribution in [1.29, 1.82) is 0 Å². The molecule has 2 heteroatoms. The Morgan fingerprint density at radius 2 is 2.45 bits per heavy atom. The van der Waals surface area contributed by atoms with E-state index in [4.69, 9.17) is 4.74 Å². The molecule has 0 bridgehead atoms.